The number of nitrogens with zero attached hydrogens (tertiary/aromatic N) is 5. The van der Waals surface area contributed by atoms with Gasteiger partial charge >= 0.3 is 0 Å². The Labute approximate surface area is 332 Å². The molecule has 0 saturated carbocycles. The first-order valence-electron chi connectivity index (χ1n) is 19.8. The largest absolute Gasteiger partial charge is 0.309 e. The molecule has 58 heavy (non-hydrogen) atoms. The lowest BCUT2D eigenvalue weighted by atomic mass is 10.1. The van der Waals surface area contributed by atoms with Crippen molar-refractivity contribution < 1.29 is 0 Å². The molecule has 8 aromatic carbocycles. The van der Waals surface area contributed by atoms with E-state index in [0.29, 0.717) is 0 Å². The third-order valence-corrected chi connectivity index (χ3v) is 12.1. The highest BCUT2D eigenvalue weighted by Gasteiger charge is 2.23. The van der Waals surface area contributed by atoms with Crippen molar-refractivity contribution in [2.45, 2.75) is 0 Å². The second-order valence-corrected chi connectivity index (χ2v) is 15.2. The van der Waals surface area contributed by atoms with Crippen molar-refractivity contribution in [1.82, 2.24) is 23.3 Å². The summed E-state index contributed by atoms with van der Waals surface area (Å²) in [5.74, 6) is 1.75. The molecule has 13 rings (SSSR count). The fourth-order valence-electron chi connectivity index (χ4n) is 9.79. The number of para-hydroxylation sites is 6. The van der Waals surface area contributed by atoms with Crippen LogP contribution in [0.4, 0.5) is 0 Å². The van der Waals surface area contributed by atoms with Crippen LogP contribution in [-0.4, -0.2) is 23.3 Å². The van der Waals surface area contributed by atoms with Gasteiger partial charge in [-0.05, 0) is 78.9 Å². The lowest BCUT2D eigenvalue weighted by Crippen LogP contribution is -2.03. The van der Waals surface area contributed by atoms with Crippen LogP contribution in [0, 0.1) is 0 Å². The van der Waals surface area contributed by atoms with E-state index < -0.39 is 0 Å². The number of aromatic nitrogens is 5. The summed E-state index contributed by atoms with van der Waals surface area (Å²) in [6, 6.07) is 72.2. The smallest absolute Gasteiger partial charge is 0.140 e. The summed E-state index contributed by atoms with van der Waals surface area (Å²) in [5, 5.41) is 9.74. The van der Waals surface area contributed by atoms with Gasteiger partial charge in [0, 0.05) is 54.5 Å². The van der Waals surface area contributed by atoms with E-state index in [1.807, 2.05) is 0 Å². The number of rotatable bonds is 4. The standard InChI is InChI=1S/C53H33N5/c1-3-16-34(17-4-1)55-43-24-11-8-21-37(43)41-33-49-42(32-48(41)55)38-22-9-13-26-45(38)58(49)51-29-15-28-50(54-51)57-46-27-14-10-23-40(46)52-47(57)31-30-39-36-20-7-12-25-44(36)56(53(39)52)35-18-5-2-6-19-35/h1-33H. The van der Waals surface area contributed by atoms with Gasteiger partial charge < -0.3 is 9.13 Å². The minimum Gasteiger partial charge on any atom is -0.309 e. The van der Waals surface area contributed by atoms with E-state index in [4.69, 9.17) is 4.98 Å². The third-order valence-electron chi connectivity index (χ3n) is 12.1. The van der Waals surface area contributed by atoms with Crippen molar-refractivity contribution in [3.63, 3.8) is 0 Å². The molecular weight excluding hydrogens is 707 g/mol. The average Bonchev–Trinajstić information content (AvgIpc) is 4.01. The molecule has 0 aliphatic heterocycles. The minimum absolute atomic E-state index is 0.873. The maximum absolute atomic E-state index is 5.57. The third kappa shape index (κ3) is 4.22. The van der Waals surface area contributed by atoms with Crippen LogP contribution in [0.3, 0.4) is 0 Å². The molecule has 0 spiro atoms. The SMILES string of the molecule is c1ccc(-n2c3ccccc3c3cc4c(cc32)c2ccccc2n4-c2cccc(-n3c4ccccc4c4c3ccc3c5ccccc5n(-c5ccccc5)c34)n2)cc1. The maximum Gasteiger partial charge on any atom is 0.140 e. The molecule has 0 saturated heterocycles. The predicted octanol–water partition coefficient (Wildman–Crippen LogP) is 13.5. The van der Waals surface area contributed by atoms with Crippen LogP contribution >= 0.6 is 0 Å². The van der Waals surface area contributed by atoms with E-state index in [0.717, 1.165) is 45.1 Å². The maximum atomic E-state index is 5.57. The molecule has 0 fully saturated rings. The highest BCUT2D eigenvalue weighted by Crippen LogP contribution is 2.43. The molecular formula is C53H33N5. The van der Waals surface area contributed by atoms with Crippen molar-refractivity contribution in [2.24, 2.45) is 0 Å². The molecule has 5 nitrogen and oxygen atoms in total. The molecule has 0 radical (unpaired) electrons. The van der Waals surface area contributed by atoms with Crippen LogP contribution in [0.2, 0.25) is 0 Å². The van der Waals surface area contributed by atoms with Gasteiger partial charge in [0.05, 0.1) is 44.1 Å². The molecule has 0 atom stereocenters. The van der Waals surface area contributed by atoms with E-state index in [9.17, 15) is 0 Å². The van der Waals surface area contributed by atoms with Gasteiger partial charge in [-0.3, -0.25) is 9.13 Å². The van der Waals surface area contributed by atoms with Crippen LogP contribution in [0.25, 0.3) is 110 Å². The van der Waals surface area contributed by atoms with Crippen LogP contribution < -0.4 is 0 Å². The number of benzene rings is 8. The summed E-state index contributed by atoms with van der Waals surface area (Å²) >= 11 is 0. The Hall–Kier alpha value is -7.89. The Bertz CT molecular complexity index is 3790. The quantitative estimate of drug-likeness (QED) is 0.177. The van der Waals surface area contributed by atoms with Gasteiger partial charge in [-0.2, -0.15) is 0 Å². The van der Waals surface area contributed by atoms with Crippen molar-refractivity contribution in [1.29, 1.82) is 0 Å². The van der Waals surface area contributed by atoms with E-state index in [-0.39, 0.29) is 0 Å². The molecule has 13 aromatic rings. The fraction of sp³-hybridized carbons (Fsp3) is 0. The van der Waals surface area contributed by atoms with Crippen LogP contribution in [0.1, 0.15) is 0 Å². The summed E-state index contributed by atoms with van der Waals surface area (Å²) in [6.07, 6.45) is 0. The molecule has 0 amide bonds. The Kier molecular flexibility index (Phi) is 6.38. The van der Waals surface area contributed by atoms with Gasteiger partial charge in [-0.1, -0.05) is 121 Å². The number of fused-ring (bicyclic) bond motifs is 13. The van der Waals surface area contributed by atoms with E-state index in [1.165, 1.54) is 65.2 Å². The minimum atomic E-state index is 0.873. The molecule has 0 aliphatic rings. The number of hydrogen-bond donors (Lipinski definition) is 0. The van der Waals surface area contributed by atoms with Crippen molar-refractivity contribution in [3.05, 3.63) is 200 Å². The Balaban J connectivity index is 1.10. The van der Waals surface area contributed by atoms with E-state index >= 15 is 0 Å². The highest BCUT2D eigenvalue weighted by atomic mass is 15.1. The second-order valence-electron chi connectivity index (χ2n) is 15.2. The van der Waals surface area contributed by atoms with Crippen molar-refractivity contribution >= 4 is 87.2 Å². The first kappa shape index (κ1) is 31.3. The predicted molar refractivity (Wildman–Crippen MR) is 242 cm³/mol. The molecule has 5 heteroatoms. The second kappa shape index (κ2) is 11.8. The summed E-state index contributed by atoms with van der Waals surface area (Å²) in [4.78, 5) is 5.57. The Morgan fingerprint density at radius 2 is 0.690 bits per heavy atom. The molecule has 0 N–H and O–H groups in total. The average molecular weight is 740 g/mol. The van der Waals surface area contributed by atoms with E-state index in [1.54, 1.807) is 0 Å². The molecule has 0 unspecified atom stereocenters. The summed E-state index contributed by atoms with van der Waals surface area (Å²) in [6.45, 7) is 0. The molecule has 5 heterocycles. The Morgan fingerprint density at radius 1 is 0.259 bits per heavy atom. The molecule has 270 valence electrons. The zero-order valence-electron chi connectivity index (χ0n) is 31.3. The summed E-state index contributed by atoms with van der Waals surface area (Å²) < 4.78 is 9.52. The van der Waals surface area contributed by atoms with Crippen molar-refractivity contribution in [2.75, 3.05) is 0 Å². The zero-order valence-corrected chi connectivity index (χ0v) is 31.3. The topological polar surface area (TPSA) is 32.6 Å². The van der Waals surface area contributed by atoms with Gasteiger partial charge in [0.2, 0.25) is 0 Å². The van der Waals surface area contributed by atoms with Gasteiger partial charge in [0.1, 0.15) is 11.6 Å². The summed E-state index contributed by atoms with van der Waals surface area (Å²) in [7, 11) is 0. The van der Waals surface area contributed by atoms with Gasteiger partial charge in [-0.15, -0.1) is 0 Å². The first-order chi connectivity index (χ1) is 28.8. The van der Waals surface area contributed by atoms with Gasteiger partial charge in [-0.25, -0.2) is 4.98 Å². The molecule has 0 aliphatic carbocycles. The molecule has 0 bridgehead atoms. The fourth-order valence-corrected chi connectivity index (χ4v) is 9.79. The molecule has 5 aromatic heterocycles. The Morgan fingerprint density at radius 3 is 1.29 bits per heavy atom. The van der Waals surface area contributed by atoms with Crippen molar-refractivity contribution in [3.8, 4) is 23.0 Å². The van der Waals surface area contributed by atoms with Crippen LogP contribution in [0.15, 0.2) is 200 Å². The zero-order chi connectivity index (χ0) is 37.9. The normalized spacial score (nSPS) is 12.1. The first-order valence-corrected chi connectivity index (χ1v) is 19.8. The van der Waals surface area contributed by atoms with E-state index in [2.05, 4.69) is 218 Å². The van der Waals surface area contributed by atoms with Gasteiger partial charge in [0.15, 0.2) is 0 Å². The summed E-state index contributed by atoms with van der Waals surface area (Å²) in [5.41, 5.74) is 11.6. The van der Waals surface area contributed by atoms with Crippen LogP contribution in [-0.2, 0) is 0 Å². The monoisotopic (exact) mass is 739 g/mol. The lowest BCUT2D eigenvalue weighted by Gasteiger charge is -2.12. The number of pyridine rings is 1. The highest BCUT2D eigenvalue weighted by molar-refractivity contribution is 6.26. The van der Waals surface area contributed by atoms with Crippen LogP contribution in [0.5, 0.6) is 0 Å². The number of hydrogen-bond acceptors (Lipinski definition) is 1. The lowest BCUT2D eigenvalue weighted by molar-refractivity contribution is 1.01. The van der Waals surface area contributed by atoms with Gasteiger partial charge in [0.25, 0.3) is 0 Å².